The number of aromatic nitrogens is 1. The van der Waals surface area contributed by atoms with Crippen LogP contribution in [0.2, 0.25) is 0 Å². The second-order valence-corrected chi connectivity index (χ2v) is 9.52. The van der Waals surface area contributed by atoms with Crippen molar-refractivity contribution in [1.29, 1.82) is 0 Å². The molecule has 0 aliphatic heterocycles. The van der Waals surface area contributed by atoms with Gasteiger partial charge in [-0.15, -0.1) is 0 Å². The normalized spacial score (nSPS) is 14.3. The highest BCUT2D eigenvalue weighted by Gasteiger charge is 2.24. The second-order valence-electron chi connectivity index (χ2n) is 8.60. The molecule has 178 valence electrons. The largest absolute Gasteiger partial charge is 0.506 e. The molecule has 1 heterocycles. The van der Waals surface area contributed by atoms with Crippen LogP contribution in [0.3, 0.4) is 0 Å². The number of aliphatic hydroxyl groups excluding tert-OH is 1. The number of fused-ring (bicyclic) bond motifs is 1. The van der Waals surface area contributed by atoms with E-state index in [9.17, 15) is 19.4 Å². The van der Waals surface area contributed by atoms with Gasteiger partial charge in [-0.1, -0.05) is 71.3 Å². The fraction of sp³-hybridized carbons (Fsp3) is 0.423. The Morgan fingerprint density at radius 2 is 1.67 bits per heavy atom. The number of phenolic OH excluding ortho intramolecular Hbond substituents is 1. The first-order chi connectivity index (χ1) is 15.9. The zero-order valence-electron chi connectivity index (χ0n) is 18.9. The summed E-state index contributed by atoms with van der Waals surface area (Å²) in [5.74, 6) is -0.0124. The summed E-state index contributed by atoms with van der Waals surface area (Å²) >= 11 is 0. The first-order valence-corrected chi connectivity index (χ1v) is 12.2. The smallest absolute Gasteiger partial charge is 0.248 e. The minimum absolute atomic E-state index is 0.0124. The van der Waals surface area contributed by atoms with Crippen molar-refractivity contribution in [3.63, 3.8) is 0 Å². The Kier molecular flexibility index (Phi) is 9.42. The SMILES string of the molecule is O=c1ccc2c(C(O)CNCCCCCCCCC(F)(P)c3ccccc3)ccc(O)c2[nH]1. The lowest BCUT2D eigenvalue weighted by Gasteiger charge is -2.20. The van der Waals surface area contributed by atoms with E-state index in [-0.39, 0.29) is 11.3 Å². The number of pyridine rings is 1. The molecule has 0 radical (unpaired) electrons. The highest BCUT2D eigenvalue weighted by atomic mass is 31.0. The summed E-state index contributed by atoms with van der Waals surface area (Å²) in [5, 5.41) is 23.1. The summed E-state index contributed by atoms with van der Waals surface area (Å²) in [5.41, 5.74) is 1.43. The molecule has 0 saturated heterocycles. The molecule has 2 aromatic carbocycles. The minimum atomic E-state index is -1.34. The van der Waals surface area contributed by atoms with Gasteiger partial charge in [-0.3, -0.25) is 4.79 Å². The van der Waals surface area contributed by atoms with Gasteiger partial charge in [0.25, 0.3) is 0 Å². The number of unbranched alkanes of at least 4 members (excludes halogenated alkanes) is 5. The van der Waals surface area contributed by atoms with Gasteiger partial charge in [-0.25, -0.2) is 4.39 Å². The Hall–Kier alpha value is -2.27. The van der Waals surface area contributed by atoms with Gasteiger partial charge in [0, 0.05) is 18.0 Å². The fourth-order valence-corrected chi connectivity index (χ4v) is 4.49. The molecule has 4 N–H and O–H groups in total. The molecule has 0 aliphatic rings. The molecule has 3 unspecified atom stereocenters. The third kappa shape index (κ3) is 7.36. The number of halogens is 1. The second kappa shape index (κ2) is 12.3. The van der Waals surface area contributed by atoms with Gasteiger partial charge in [0.1, 0.15) is 11.2 Å². The Labute approximate surface area is 196 Å². The van der Waals surface area contributed by atoms with Crippen molar-refractivity contribution in [3.8, 4) is 5.75 Å². The average molecular weight is 473 g/mol. The van der Waals surface area contributed by atoms with Crippen molar-refractivity contribution in [1.82, 2.24) is 10.3 Å². The number of nitrogens with one attached hydrogen (secondary N) is 2. The number of hydrogen-bond donors (Lipinski definition) is 4. The number of aromatic amines is 1. The van der Waals surface area contributed by atoms with Crippen molar-refractivity contribution in [2.45, 2.75) is 56.5 Å². The summed E-state index contributed by atoms with van der Waals surface area (Å²) in [6.07, 6.45) is 5.97. The molecule has 7 heteroatoms. The van der Waals surface area contributed by atoms with E-state index in [1.54, 1.807) is 12.1 Å². The molecule has 0 aliphatic carbocycles. The third-order valence-electron chi connectivity index (χ3n) is 6.00. The predicted molar refractivity (Wildman–Crippen MR) is 135 cm³/mol. The zero-order chi connectivity index (χ0) is 23.7. The van der Waals surface area contributed by atoms with Crippen molar-refractivity contribution >= 4 is 20.1 Å². The standard InChI is InChI=1S/C26H34FN2O3P/c27-26(33,19-10-6-5-7-11-19)16-8-3-1-2-4-9-17-28-18-23(31)20-12-14-22(30)25-21(20)13-15-24(32)29-25/h5-7,10-15,23,28,30-31H,1-4,8-9,16-18,33H2,(H,29,32). The maximum Gasteiger partial charge on any atom is 0.248 e. The van der Waals surface area contributed by atoms with Crippen LogP contribution in [0, 0.1) is 0 Å². The molecule has 0 amide bonds. The van der Waals surface area contributed by atoms with E-state index in [0.29, 0.717) is 29.4 Å². The molecular formula is C26H34FN2O3P. The van der Waals surface area contributed by atoms with Crippen LogP contribution in [-0.2, 0) is 5.41 Å². The number of H-pyrrole nitrogens is 1. The van der Waals surface area contributed by atoms with Gasteiger partial charge in [0.15, 0.2) is 0 Å². The van der Waals surface area contributed by atoms with Crippen molar-refractivity contribution < 1.29 is 14.6 Å². The van der Waals surface area contributed by atoms with Crippen LogP contribution in [0.15, 0.2) is 59.4 Å². The van der Waals surface area contributed by atoms with Crippen molar-refractivity contribution in [2.24, 2.45) is 0 Å². The molecule has 3 atom stereocenters. The molecule has 3 aromatic rings. The Balaban J connectivity index is 1.29. The number of hydrogen-bond acceptors (Lipinski definition) is 4. The van der Waals surface area contributed by atoms with Crippen molar-refractivity contribution in [3.05, 3.63) is 76.1 Å². The monoisotopic (exact) mass is 472 g/mol. The number of rotatable bonds is 13. The van der Waals surface area contributed by atoms with Gasteiger partial charge in [-0.2, -0.15) is 0 Å². The summed E-state index contributed by atoms with van der Waals surface area (Å²) in [6, 6.07) is 15.5. The Morgan fingerprint density at radius 1 is 0.970 bits per heavy atom. The van der Waals surface area contributed by atoms with Crippen LogP contribution >= 0.6 is 9.24 Å². The average Bonchev–Trinajstić information content (AvgIpc) is 2.81. The quantitative estimate of drug-likeness (QED) is 0.201. The van der Waals surface area contributed by atoms with E-state index in [2.05, 4.69) is 19.5 Å². The maximum atomic E-state index is 14.8. The predicted octanol–water partition coefficient (Wildman–Crippen LogP) is 5.29. The highest BCUT2D eigenvalue weighted by molar-refractivity contribution is 7.18. The van der Waals surface area contributed by atoms with E-state index in [1.165, 1.54) is 12.1 Å². The summed E-state index contributed by atoms with van der Waals surface area (Å²) in [6.45, 7) is 1.20. The number of aliphatic hydroxyl groups is 1. The van der Waals surface area contributed by atoms with E-state index in [1.807, 2.05) is 30.3 Å². The van der Waals surface area contributed by atoms with E-state index < -0.39 is 11.5 Å². The summed E-state index contributed by atoms with van der Waals surface area (Å²) in [7, 11) is 2.36. The van der Waals surface area contributed by atoms with Crippen LogP contribution in [0.1, 0.15) is 62.2 Å². The van der Waals surface area contributed by atoms with Gasteiger partial charge in [0.2, 0.25) is 5.56 Å². The first kappa shape index (κ1) is 25.4. The molecule has 0 bridgehead atoms. The van der Waals surface area contributed by atoms with Crippen LogP contribution in [-0.4, -0.2) is 28.3 Å². The van der Waals surface area contributed by atoms with Gasteiger partial charge in [0.05, 0.1) is 11.6 Å². The number of phenols is 1. The molecule has 0 spiro atoms. The minimum Gasteiger partial charge on any atom is -0.506 e. The zero-order valence-corrected chi connectivity index (χ0v) is 20.1. The van der Waals surface area contributed by atoms with Gasteiger partial charge in [-0.05, 0) is 49.1 Å². The van der Waals surface area contributed by atoms with E-state index in [4.69, 9.17) is 0 Å². The maximum absolute atomic E-state index is 14.8. The third-order valence-corrected chi connectivity index (χ3v) is 6.62. The first-order valence-electron chi connectivity index (χ1n) is 11.7. The van der Waals surface area contributed by atoms with E-state index in [0.717, 1.165) is 50.6 Å². The summed E-state index contributed by atoms with van der Waals surface area (Å²) < 4.78 is 14.8. The highest BCUT2D eigenvalue weighted by Crippen LogP contribution is 2.38. The molecule has 33 heavy (non-hydrogen) atoms. The van der Waals surface area contributed by atoms with E-state index >= 15 is 0 Å². The lowest BCUT2D eigenvalue weighted by Crippen LogP contribution is -2.22. The Bertz CT molecular complexity index is 1070. The number of alkyl halides is 1. The van der Waals surface area contributed by atoms with Crippen LogP contribution < -0.4 is 10.9 Å². The summed E-state index contributed by atoms with van der Waals surface area (Å²) in [4.78, 5) is 14.1. The molecular weight excluding hydrogens is 438 g/mol. The molecule has 3 rings (SSSR count). The van der Waals surface area contributed by atoms with Crippen LogP contribution in [0.5, 0.6) is 5.75 Å². The molecule has 0 saturated carbocycles. The lowest BCUT2D eigenvalue weighted by molar-refractivity contribution is 0.176. The molecule has 0 fully saturated rings. The fourth-order valence-electron chi connectivity index (χ4n) is 4.10. The molecule has 1 aromatic heterocycles. The molecule has 5 nitrogen and oxygen atoms in total. The number of aromatic hydroxyl groups is 1. The van der Waals surface area contributed by atoms with Crippen molar-refractivity contribution in [2.75, 3.05) is 13.1 Å². The number of benzene rings is 2. The van der Waals surface area contributed by atoms with Crippen LogP contribution in [0.4, 0.5) is 4.39 Å². The Morgan fingerprint density at radius 3 is 2.42 bits per heavy atom. The topological polar surface area (TPSA) is 85.3 Å². The van der Waals surface area contributed by atoms with Gasteiger partial charge >= 0.3 is 0 Å². The van der Waals surface area contributed by atoms with Crippen LogP contribution in [0.25, 0.3) is 10.9 Å². The van der Waals surface area contributed by atoms with Gasteiger partial charge < -0.3 is 20.5 Å². The lowest BCUT2D eigenvalue weighted by atomic mass is 10.0.